The fourth-order valence-corrected chi connectivity index (χ4v) is 0.792. The van der Waals surface area contributed by atoms with Gasteiger partial charge >= 0.3 is 0 Å². The van der Waals surface area contributed by atoms with Crippen LogP contribution in [0, 0.1) is 0 Å². The van der Waals surface area contributed by atoms with E-state index in [1.165, 1.54) is 0 Å². The molecule has 0 aliphatic carbocycles. The second kappa shape index (κ2) is 5.58. The lowest BCUT2D eigenvalue weighted by Gasteiger charge is -2.22. The molecule has 0 fully saturated rings. The SMILES string of the molecule is CC(=CCl)CN(C)C(C)CO. The van der Waals surface area contributed by atoms with Gasteiger partial charge in [0.2, 0.25) is 0 Å². The largest absolute Gasteiger partial charge is 0.395 e. The van der Waals surface area contributed by atoms with Gasteiger partial charge in [-0.05, 0) is 26.5 Å². The van der Waals surface area contributed by atoms with Crippen molar-refractivity contribution in [1.82, 2.24) is 4.90 Å². The maximum Gasteiger partial charge on any atom is 0.0584 e. The van der Waals surface area contributed by atoms with Gasteiger partial charge in [-0.15, -0.1) is 0 Å². The van der Waals surface area contributed by atoms with Crippen molar-refractivity contribution in [3.8, 4) is 0 Å². The summed E-state index contributed by atoms with van der Waals surface area (Å²) in [6, 6.07) is 0.196. The Balaban J connectivity index is 3.76. The van der Waals surface area contributed by atoms with Crippen LogP contribution in [0.25, 0.3) is 0 Å². The zero-order valence-electron chi connectivity index (χ0n) is 7.34. The summed E-state index contributed by atoms with van der Waals surface area (Å²) in [7, 11) is 1.96. The summed E-state index contributed by atoms with van der Waals surface area (Å²) in [5.41, 5.74) is 2.68. The predicted octanol–water partition coefficient (Wildman–Crippen LogP) is 1.44. The van der Waals surface area contributed by atoms with Crippen molar-refractivity contribution >= 4 is 11.6 Å². The number of hydrogen-bond donors (Lipinski definition) is 1. The predicted molar refractivity (Wildman–Crippen MR) is 48.8 cm³/mol. The van der Waals surface area contributed by atoms with E-state index in [0.29, 0.717) is 0 Å². The lowest BCUT2D eigenvalue weighted by Crippen LogP contribution is -2.33. The van der Waals surface area contributed by atoms with Crippen molar-refractivity contribution < 1.29 is 5.11 Å². The molecular formula is C8H16ClNO. The van der Waals surface area contributed by atoms with Gasteiger partial charge < -0.3 is 5.11 Å². The summed E-state index contributed by atoms with van der Waals surface area (Å²) in [6.07, 6.45) is 0. The number of likely N-dealkylation sites (N-methyl/N-ethyl adjacent to an activating group) is 1. The summed E-state index contributed by atoms with van der Waals surface area (Å²) in [4.78, 5) is 2.05. The van der Waals surface area contributed by atoms with Crippen LogP contribution in [-0.2, 0) is 0 Å². The van der Waals surface area contributed by atoms with Gasteiger partial charge in [0.15, 0.2) is 0 Å². The van der Waals surface area contributed by atoms with Crippen LogP contribution in [0.3, 0.4) is 0 Å². The quantitative estimate of drug-likeness (QED) is 0.703. The molecular weight excluding hydrogens is 162 g/mol. The van der Waals surface area contributed by atoms with Crippen LogP contribution in [0.4, 0.5) is 0 Å². The summed E-state index contributed by atoms with van der Waals surface area (Å²) < 4.78 is 0. The van der Waals surface area contributed by atoms with Gasteiger partial charge in [-0.25, -0.2) is 0 Å². The van der Waals surface area contributed by atoms with E-state index in [-0.39, 0.29) is 12.6 Å². The van der Waals surface area contributed by atoms with Crippen molar-refractivity contribution in [3.05, 3.63) is 11.1 Å². The maximum absolute atomic E-state index is 8.80. The van der Waals surface area contributed by atoms with Gasteiger partial charge in [-0.3, -0.25) is 4.90 Å². The Kier molecular flexibility index (Phi) is 5.56. The van der Waals surface area contributed by atoms with Crippen LogP contribution >= 0.6 is 11.6 Å². The maximum atomic E-state index is 8.80. The molecule has 2 nitrogen and oxygen atoms in total. The van der Waals surface area contributed by atoms with Gasteiger partial charge in [0.25, 0.3) is 0 Å². The zero-order chi connectivity index (χ0) is 8.85. The van der Waals surface area contributed by atoms with E-state index in [0.717, 1.165) is 12.1 Å². The molecule has 0 aliphatic heterocycles. The van der Waals surface area contributed by atoms with Gasteiger partial charge in [0, 0.05) is 18.1 Å². The molecule has 3 heteroatoms. The molecule has 0 rings (SSSR count). The molecule has 0 radical (unpaired) electrons. The minimum atomic E-state index is 0.187. The van der Waals surface area contributed by atoms with Crippen molar-refractivity contribution in [3.63, 3.8) is 0 Å². The number of rotatable bonds is 4. The van der Waals surface area contributed by atoms with E-state index in [1.807, 2.05) is 25.8 Å². The standard InChI is InChI=1S/C8H16ClNO/c1-7(4-9)5-10(3)8(2)6-11/h4,8,11H,5-6H2,1-3H3. The lowest BCUT2D eigenvalue weighted by molar-refractivity contribution is 0.168. The van der Waals surface area contributed by atoms with Gasteiger partial charge in [-0.2, -0.15) is 0 Å². The van der Waals surface area contributed by atoms with Gasteiger partial charge in [0.05, 0.1) is 6.61 Å². The molecule has 0 spiro atoms. The summed E-state index contributed by atoms with van der Waals surface area (Å²) >= 11 is 5.49. The molecule has 0 aromatic carbocycles. The molecule has 0 saturated heterocycles. The third-order valence-corrected chi connectivity index (χ3v) is 2.07. The van der Waals surface area contributed by atoms with E-state index in [1.54, 1.807) is 5.54 Å². The number of aliphatic hydroxyl groups excluding tert-OH is 1. The first-order valence-electron chi connectivity index (χ1n) is 3.68. The van der Waals surface area contributed by atoms with Crippen molar-refractivity contribution in [2.24, 2.45) is 0 Å². The van der Waals surface area contributed by atoms with E-state index >= 15 is 0 Å². The Bertz CT molecular complexity index is 136. The first-order chi connectivity index (χ1) is 5.11. The molecule has 11 heavy (non-hydrogen) atoms. The highest BCUT2D eigenvalue weighted by Gasteiger charge is 2.06. The van der Waals surface area contributed by atoms with Crippen LogP contribution in [0.5, 0.6) is 0 Å². The lowest BCUT2D eigenvalue weighted by atomic mass is 10.2. The summed E-state index contributed by atoms with van der Waals surface area (Å²) in [5, 5.41) is 8.80. The van der Waals surface area contributed by atoms with E-state index in [4.69, 9.17) is 16.7 Å². The Morgan fingerprint density at radius 2 is 2.27 bits per heavy atom. The van der Waals surface area contributed by atoms with Crippen LogP contribution < -0.4 is 0 Å². The Hall–Kier alpha value is -0.0500. The number of aliphatic hydroxyl groups is 1. The summed E-state index contributed by atoms with van der Waals surface area (Å²) in [5.74, 6) is 0. The molecule has 0 aromatic heterocycles. The highest BCUT2D eigenvalue weighted by atomic mass is 35.5. The second-order valence-electron chi connectivity index (χ2n) is 2.90. The van der Waals surface area contributed by atoms with Crippen LogP contribution in [0.2, 0.25) is 0 Å². The van der Waals surface area contributed by atoms with E-state index in [2.05, 4.69) is 0 Å². The van der Waals surface area contributed by atoms with Gasteiger partial charge in [0.1, 0.15) is 0 Å². The topological polar surface area (TPSA) is 23.5 Å². The smallest absolute Gasteiger partial charge is 0.0584 e. The van der Waals surface area contributed by atoms with Crippen molar-refractivity contribution in [2.75, 3.05) is 20.2 Å². The average molecular weight is 178 g/mol. The fourth-order valence-electron chi connectivity index (χ4n) is 0.723. The minimum absolute atomic E-state index is 0.187. The Morgan fingerprint density at radius 1 is 1.73 bits per heavy atom. The van der Waals surface area contributed by atoms with Gasteiger partial charge in [-0.1, -0.05) is 11.6 Å². The molecule has 0 amide bonds. The monoisotopic (exact) mass is 177 g/mol. The van der Waals surface area contributed by atoms with Crippen molar-refractivity contribution in [1.29, 1.82) is 0 Å². The third-order valence-electron chi connectivity index (χ3n) is 1.70. The first-order valence-corrected chi connectivity index (χ1v) is 4.12. The normalized spacial score (nSPS) is 15.6. The third kappa shape index (κ3) is 4.40. The van der Waals surface area contributed by atoms with Crippen LogP contribution in [-0.4, -0.2) is 36.2 Å². The van der Waals surface area contributed by atoms with E-state index < -0.39 is 0 Å². The second-order valence-corrected chi connectivity index (χ2v) is 3.12. The minimum Gasteiger partial charge on any atom is -0.395 e. The van der Waals surface area contributed by atoms with Crippen molar-refractivity contribution in [2.45, 2.75) is 19.9 Å². The fraction of sp³-hybridized carbons (Fsp3) is 0.750. The highest BCUT2D eigenvalue weighted by molar-refractivity contribution is 6.25. The molecule has 0 heterocycles. The first kappa shape index (κ1) is 11.0. The molecule has 1 N–H and O–H groups in total. The van der Waals surface area contributed by atoms with Crippen LogP contribution in [0.1, 0.15) is 13.8 Å². The average Bonchev–Trinajstić information content (AvgIpc) is 2.02. The summed E-state index contributed by atoms with van der Waals surface area (Å²) in [6.45, 7) is 4.94. The highest BCUT2D eigenvalue weighted by Crippen LogP contribution is 2.01. The molecule has 66 valence electrons. The molecule has 1 atom stereocenters. The molecule has 1 unspecified atom stereocenters. The zero-order valence-corrected chi connectivity index (χ0v) is 8.10. The molecule has 0 aliphatic rings. The Labute approximate surface area is 73.5 Å². The molecule has 0 saturated carbocycles. The number of halogens is 1. The van der Waals surface area contributed by atoms with Crippen LogP contribution in [0.15, 0.2) is 11.1 Å². The number of nitrogens with zero attached hydrogens (tertiary/aromatic N) is 1. The Morgan fingerprint density at radius 3 is 2.64 bits per heavy atom. The van der Waals surface area contributed by atoms with E-state index in [9.17, 15) is 0 Å². The molecule has 0 bridgehead atoms. The number of hydrogen-bond acceptors (Lipinski definition) is 2. The molecule has 0 aromatic rings.